The van der Waals surface area contributed by atoms with Gasteiger partial charge in [0, 0.05) is 57.6 Å². The zero-order valence-electron chi connectivity index (χ0n) is 14.2. The summed E-state index contributed by atoms with van der Waals surface area (Å²) >= 11 is 0. The number of aryl methyl sites for hydroxylation is 2. The first-order valence-corrected chi connectivity index (χ1v) is 8.27. The maximum atomic E-state index is 12.5. The first-order valence-electron chi connectivity index (χ1n) is 8.27. The number of aromatic nitrogens is 1. The molecule has 2 aromatic rings. The van der Waals surface area contributed by atoms with Crippen molar-refractivity contribution in [1.29, 1.82) is 0 Å². The Bertz CT molecular complexity index is 789. The second-order valence-electron chi connectivity index (χ2n) is 6.36. The topological polar surface area (TPSA) is 45.5 Å². The van der Waals surface area contributed by atoms with Crippen LogP contribution in [0.2, 0.25) is 0 Å². The number of hydrogen-bond donors (Lipinski definition) is 0. The van der Waals surface area contributed by atoms with Crippen LogP contribution in [0.25, 0.3) is 0 Å². The predicted molar refractivity (Wildman–Crippen MR) is 94.0 cm³/mol. The largest absolute Gasteiger partial charge is 0.336 e. The molecule has 1 aromatic heterocycles. The van der Waals surface area contributed by atoms with Crippen LogP contribution in [0.1, 0.15) is 21.5 Å². The van der Waals surface area contributed by atoms with Gasteiger partial charge in [-0.3, -0.25) is 14.5 Å². The van der Waals surface area contributed by atoms with E-state index in [2.05, 4.69) is 36.1 Å². The summed E-state index contributed by atoms with van der Waals surface area (Å²) in [5.74, 6) is -0.0526. The zero-order valence-corrected chi connectivity index (χ0v) is 14.2. The van der Waals surface area contributed by atoms with Gasteiger partial charge in [-0.25, -0.2) is 0 Å². The summed E-state index contributed by atoms with van der Waals surface area (Å²) in [5.41, 5.74) is 2.96. The van der Waals surface area contributed by atoms with Crippen molar-refractivity contribution >= 4 is 5.91 Å². The summed E-state index contributed by atoms with van der Waals surface area (Å²) in [7, 11) is 1.68. The van der Waals surface area contributed by atoms with Crippen LogP contribution in [0.3, 0.4) is 0 Å². The molecular formula is C19H23N3O2. The average molecular weight is 325 g/mol. The molecule has 1 saturated heterocycles. The lowest BCUT2D eigenvalue weighted by Gasteiger charge is -2.35. The van der Waals surface area contributed by atoms with E-state index in [1.165, 1.54) is 21.8 Å². The Morgan fingerprint density at radius 1 is 1.08 bits per heavy atom. The number of rotatable bonds is 3. The van der Waals surface area contributed by atoms with Crippen molar-refractivity contribution in [3.8, 4) is 0 Å². The van der Waals surface area contributed by atoms with Crippen LogP contribution in [0.15, 0.2) is 47.4 Å². The Morgan fingerprint density at radius 3 is 2.46 bits per heavy atom. The van der Waals surface area contributed by atoms with Gasteiger partial charge in [-0.15, -0.1) is 0 Å². The summed E-state index contributed by atoms with van der Waals surface area (Å²) in [6.07, 6.45) is 1.64. The number of piperazine rings is 1. The molecule has 0 spiro atoms. The molecule has 0 bridgehead atoms. The van der Waals surface area contributed by atoms with E-state index in [-0.39, 0.29) is 11.5 Å². The van der Waals surface area contributed by atoms with Crippen LogP contribution >= 0.6 is 0 Å². The van der Waals surface area contributed by atoms with Crippen LogP contribution in [-0.2, 0) is 13.6 Å². The van der Waals surface area contributed by atoms with Crippen LogP contribution < -0.4 is 5.56 Å². The zero-order chi connectivity index (χ0) is 17.1. The minimum Gasteiger partial charge on any atom is -0.336 e. The third-order valence-corrected chi connectivity index (χ3v) is 4.67. The van der Waals surface area contributed by atoms with E-state index in [1.807, 2.05) is 4.90 Å². The molecule has 0 saturated carbocycles. The molecule has 1 aliphatic rings. The minimum absolute atomic E-state index is 0.0526. The molecule has 1 fully saturated rings. The lowest BCUT2D eigenvalue weighted by atomic mass is 10.1. The molecule has 5 heteroatoms. The summed E-state index contributed by atoms with van der Waals surface area (Å²) in [6, 6.07) is 11.5. The number of nitrogens with zero attached hydrogens (tertiary/aromatic N) is 3. The van der Waals surface area contributed by atoms with Crippen molar-refractivity contribution in [3.63, 3.8) is 0 Å². The van der Waals surface area contributed by atoms with E-state index in [1.54, 1.807) is 19.3 Å². The fraction of sp³-hybridized carbons (Fsp3) is 0.368. The molecule has 1 amide bonds. The molecule has 1 aliphatic heterocycles. The van der Waals surface area contributed by atoms with Gasteiger partial charge in [-0.1, -0.05) is 24.3 Å². The molecule has 126 valence electrons. The lowest BCUT2D eigenvalue weighted by molar-refractivity contribution is 0.0628. The van der Waals surface area contributed by atoms with Gasteiger partial charge >= 0.3 is 0 Å². The van der Waals surface area contributed by atoms with Crippen molar-refractivity contribution in [3.05, 3.63) is 69.6 Å². The molecule has 24 heavy (non-hydrogen) atoms. The Morgan fingerprint density at radius 2 is 1.79 bits per heavy atom. The van der Waals surface area contributed by atoms with Crippen molar-refractivity contribution in [2.75, 3.05) is 26.2 Å². The number of carbonyl (C=O) groups is 1. The molecule has 0 aliphatic carbocycles. The second kappa shape index (κ2) is 7.01. The average Bonchev–Trinajstić information content (AvgIpc) is 2.59. The number of benzene rings is 1. The van der Waals surface area contributed by atoms with Crippen molar-refractivity contribution < 1.29 is 4.79 Å². The predicted octanol–water partition coefficient (Wildman–Crippen LogP) is 1.65. The molecule has 3 rings (SSSR count). The van der Waals surface area contributed by atoms with E-state index in [9.17, 15) is 9.59 Å². The van der Waals surface area contributed by atoms with E-state index < -0.39 is 0 Å². The van der Waals surface area contributed by atoms with Gasteiger partial charge in [0.25, 0.3) is 11.5 Å². The van der Waals surface area contributed by atoms with Gasteiger partial charge in [-0.05, 0) is 24.1 Å². The normalized spacial score (nSPS) is 15.5. The fourth-order valence-electron chi connectivity index (χ4n) is 3.00. The van der Waals surface area contributed by atoms with Crippen molar-refractivity contribution in [2.24, 2.45) is 7.05 Å². The minimum atomic E-state index is -0.154. The molecule has 0 radical (unpaired) electrons. The quantitative estimate of drug-likeness (QED) is 0.862. The number of carbonyl (C=O) groups excluding carboxylic acids is 1. The molecule has 1 aromatic carbocycles. The van der Waals surface area contributed by atoms with Crippen LogP contribution in [0.4, 0.5) is 0 Å². The van der Waals surface area contributed by atoms with E-state index in [0.29, 0.717) is 18.7 Å². The van der Waals surface area contributed by atoms with Gasteiger partial charge in [0.05, 0.1) is 0 Å². The molecule has 5 nitrogen and oxygen atoms in total. The third kappa shape index (κ3) is 3.57. The first-order chi connectivity index (χ1) is 11.5. The van der Waals surface area contributed by atoms with Gasteiger partial charge < -0.3 is 9.47 Å². The van der Waals surface area contributed by atoms with Crippen molar-refractivity contribution in [1.82, 2.24) is 14.4 Å². The maximum absolute atomic E-state index is 12.5. The highest BCUT2D eigenvalue weighted by molar-refractivity contribution is 5.94. The lowest BCUT2D eigenvalue weighted by Crippen LogP contribution is -2.48. The van der Waals surface area contributed by atoms with E-state index in [4.69, 9.17) is 0 Å². The third-order valence-electron chi connectivity index (χ3n) is 4.67. The number of pyridine rings is 1. The van der Waals surface area contributed by atoms with Crippen molar-refractivity contribution in [2.45, 2.75) is 13.5 Å². The molecular weight excluding hydrogens is 302 g/mol. The van der Waals surface area contributed by atoms with Crippen LogP contribution in [0.5, 0.6) is 0 Å². The van der Waals surface area contributed by atoms with Crippen LogP contribution in [0, 0.1) is 6.92 Å². The first kappa shape index (κ1) is 16.5. The summed E-state index contributed by atoms with van der Waals surface area (Å²) in [5, 5.41) is 0. The fourth-order valence-corrected chi connectivity index (χ4v) is 3.00. The monoisotopic (exact) mass is 325 g/mol. The van der Waals surface area contributed by atoms with E-state index in [0.717, 1.165) is 19.6 Å². The molecule has 0 unspecified atom stereocenters. The maximum Gasteiger partial charge on any atom is 0.254 e. The molecule has 2 heterocycles. The molecule has 0 N–H and O–H groups in total. The molecule has 0 atom stereocenters. The highest BCUT2D eigenvalue weighted by Crippen LogP contribution is 2.13. The van der Waals surface area contributed by atoms with Gasteiger partial charge in [-0.2, -0.15) is 0 Å². The summed E-state index contributed by atoms with van der Waals surface area (Å²) in [4.78, 5) is 28.4. The summed E-state index contributed by atoms with van der Waals surface area (Å²) in [6.45, 7) is 6.14. The van der Waals surface area contributed by atoms with Gasteiger partial charge in [0.15, 0.2) is 0 Å². The van der Waals surface area contributed by atoms with Gasteiger partial charge in [0.2, 0.25) is 0 Å². The Hall–Kier alpha value is -2.40. The van der Waals surface area contributed by atoms with E-state index >= 15 is 0 Å². The smallest absolute Gasteiger partial charge is 0.254 e. The second-order valence-corrected chi connectivity index (χ2v) is 6.36. The number of amides is 1. The Balaban J connectivity index is 1.60. The number of hydrogen-bond acceptors (Lipinski definition) is 3. The highest BCUT2D eigenvalue weighted by Gasteiger charge is 2.22. The standard InChI is InChI=1S/C19H23N3O2/c1-15-5-3-4-6-17(15)14-21-9-11-22(12-10-21)19(24)16-7-8-20(2)18(23)13-16/h3-8,13H,9-12,14H2,1-2H3. The SMILES string of the molecule is Cc1ccccc1CN1CCN(C(=O)c2ccn(C)c(=O)c2)CC1. The Kier molecular flexibility index (Phi) is 4.81. The Labute approximate surface area is 142 Å². The highest BCUT2D eigenvalue weighted by atomic mass is 16.2. The van der Waals surface area contributed by atoms with Gasteiger partial charge in [0.1, 0.15) is 0 Å². The van der Waals surface area contributed by atoms with Crippen LogP contribution in [-0.4, -0.2) is 46.5 Å². The summed E-state index contributed by atoms with van der Waals surface area (Å²) < 4.78 is 1.47.